The van der Waals surface area contributed by atoms with Gasteiger partial charge in [0, 0.05) is 40.8 Å². The standard InChI is InChI=1S/C24H34N6O9/c1-14(31)25-9-7-5-6-8-10-26-23-28-21-19(22(35)29-23)27-13-30(21)24(39-17(4)34)12-37-18(11-36-15(2)32)20(24)38-16(3)33/h13,18,20H,5-12H2,1-4H3,(H,25,31)(H2,26,28,29,35)/t18-,20?,24?/m1/s1. The number of nitrogens with one attached hydrogen (secondary N) is 3. The molecule has 0 saturated carbocycles. The van der Waals surface area contributed by atoms with E-state index in [2.05, 4.69) is 25.6 Å². The number of aromatic amines is 1. The maximum absolute atomic E-state index is 12.8. The molecule has 39 heavy (non-hydrogen) atoms. The van der Waals surface area contributed by atoms with Crippen molar-refractivity contribution in [3.05, 3.63) is 16.7 Å². The number of H-pyrrole nitrogens is 1. The first-order chi connectivity index (χ1) is 18.5. The molecule has 3 heterocycles. The molecule has 0 spiro atoms. The Morgan fingerprint density at radius 1 is 1.08 bits per heavy atom. The Morgan fingerprint density at radius 3 is 2.44 bits per heavy atom. The second kappa shape index (κ2) is 13.2. The molecule has 15 heteroatoms. The van der Waals surface area contributed by atoms with E-state index in [0.29, 0.717) is 13.1 Å². The van der Waals surface area contributed by atoms with E-state index in [9.17, 15) is 24.0 Å². The number of carbonyl (C=O) groups is 4. The first kappa shape index (κ1) is 29.5. The number of amides is 1. The Kier molecular flexibility index (Phi) is 9.98. The van der Waals surface area contributed by atoms with Gasteiger partial charge in [0.25, 0.3) is 11.3 Å². The van der Waals surface area contributed by atoms with Crippen molar-refractivity contribution in [2.75, 3.05) is 31.6 Å². The molecule has 1 saturated heterocycles. The van der Waals surface area contributed by atoms with Crippen LogP contribution in [-0.4, -0.2) is 81.8 Å². The van der Waals surface area contributed by atoms with Gasteiger partial charge in [-0.05, 0) is 12.8 Å². The lowest BCUT2D eigenvalue weighted by atomic mass is 10.0. The van der Waals surface area contributed by atoms with E-state index < -0.39 is 41.4 Å². The Morgan fingerprint density at radius 2 is 1.79 bits per heavy atom. The lowest BCUT2D eigenvalue weighted by Crippen LogP contribution is -2.52. The van der Waals surface area contributed by atoms with Crippen molar-refractivity contribution in [2.45, 2.75) is 71.3 Å². The lowest BCUT2D eigenvalue weighted by Gasteiger charge is -2.34. The smallest absolute Gasteiger partial charge is 0.304 e. The van der Waals surface area contributed by atoms with Crippen molar-refractivity contribution in [2.24, 2.45) is 0 Å². The van der Waals surface area contributed by atoms with E-state index in [4.69, 9.17) is 18.9 Å². The van der Waals surface area contributed by atoms with Crippen molar-refractivity contribution < 1.29 is 38.1 Å². The van der Waals surface area contributed by atoms with Gasteiger partial charge < -0.3 is 29.6 Å². The fraction of sp³-hybridized carbons (Fsp3) is 0.625. The number of hydrogen-bond donors (Lipinski definition) is 3. The van der Waals surface area contributed by atoms with Crippen LogP contribution in [0.15, 0.2) is 11.1 Å². The number of ether oxygens (including phenoxy) is 4. The first-order valence-corrected chi connectivity index (χ1v) is 12.6. The molecule has 1 amide bonds. The van der Waals surface area contributed by atoms with Crippen LogP contribution in [0.4, 0.5) is 5.95 Å². The van der Waals surface area contributed by atoms with Crippen LogP contribution in [0.3, 0.4) is 0 Å². The molecule has 214 valence electrons. The minimum absolute atomic E-state index is 0.0324. The molecule has 2 aromatic rings. The van der Waals surface area contributed by atoms with E-state index >= 15 is 0 Å². The van der Waals surface area contributed by atoms with Crippen LogP contribution in [0.5, 0.6) is 0 Å². The van der Waals surface area contributed by atoms with Gasteiger partial charge in [0.05, 0.1) is 0 Å². The molecular formula is C24H34N6O9. The van der Waals surface area contributed by atoms with E-state index in [1.54, 1.807) is 0 Å². The highest BCUT2D eigenvalue weighted by Crippen LogP contribution is 2.38. The Hall–Kier alpha value is -4.01. The van der Waals surface area contributed by atoms with Crippen LogP contribution in [0, 0.1) is 0 Å². The predicted molar refractivity (Wildman–Crippen MR) is 135 cm³/mol. The summed E-state index contributed by atoms with van der Waals surface area (Å²) in [4.78, 5) is 70.6. The molecular weight excluding hydrogens is 516 g/mol. The average Bonchev–Trinajstić information content (AvgIpc) is 3.41. The van der Waals surface area contributed by atoms with Crippen molar-refractivity contribution in [3.63, 3.8) is 0 Å². The molecule has 1 fully saturated rings. The van der Waals surface area contributed by atoms with E-state index in [-0.39, 0.29) is 36.2 Å². The van der Waals surface area contributed by atoms with Gasteiger partial charge in [-0.25, -0.2) is 4.98 Å². The van der Waals surface area contributed by atoms with Crippen molar-refractivity contribution in [1.29, 1.82) is 0 Å². The normalized spacial score (nSPS) is 20.4. The maximum Gasteiger partial charge on any atom is 0.304 e. The third-order valence-electron chi connectivity index (χ3n) is 5.94. The SMILES string of the molecule is CC(=O)NCCCCCCNc1nc2c(ncn2C2(OC(C)=O)CO[C@H](COC(C)=O)C2OC(C)=O)c(=O)[nH]1. The van der Waals surface area contributed by atoms with Crippen LogP contribution in [0.25, 0.3) is 11.2 Å². The van der Waals surface area contributed by atoms with E-state index in [1.165, 1.54) is 38.6 Å². The Balaban J connectivity index is 1.85. The van der Waals surface area contributed by atoms with Crippen LogP contribution >= 0.6 is 0 Å². The highest BCUT2D eigenvalue weighted by molar-refractivity contribution is 5.73. The zero-order chi connectivity index (χ0) is 28.6. The van der Waals surface area contributed by atoms with Crippen molar-refractivity contribution in [3.8, 4) is 0 Å². The summed E-state index contributed by atoms with van der Waals surface area (Å²) in [6.07, 6.45) is 2.51. The quantitative estimate of drug-likeness (QED) is 0.176. The van der Waals surface area contributed by atoms with Crippen molar-refractivity contribution in [1.82, 2.24) is 24.8 Å². The monoisotopic (exact) mass is 550 g/mol. The van der Waals surface area contributed by atoms with Crippen LogP contribution in [0.2, 0.25) is 0 Å². The van der Waals surface area contributed by atoms with Crippen LogP contribution in [0.1, 0.15) is 53.4 Å². The van der Waals surface area contributed by atoms with Gasteiger partial charge in [0.15, 0.2) is 17.3 Å². The highest BCUT2D eigenvalue weighted by Gasteiger charge is 2.58. The average molecular weight is 551 g/mol. The number of carbonyl (C=O) groups excluding carboxylic acids is 4. The fourth-order valence-corrected chi connectivity index (χ4v) is 4.31. The van der Waals surface area contributed by atoms with Crippen LogP contribution < -0.4 is 16.2 Å². The molecule has 0 bridgehead atoms. The number of imidazole rings is 1. The number of hydrogen-bond acceptors (Lipinski definition) is 12. The maximum atomic E-state index is 12.8. The number of aromatic nitrogens is 4. The van der Waals surface area contributed by atoms with Crippen LogP contribution in [-0.2, 0) is 43.9 Å². The molecule has 2 unspecified atom stereocenters. The van der Waals surface area contributed by atoms with Gasteiger partial charge in [-0.3, -0.25) is 33.5 Å². The molecule has 0 radical (unpaired) electrons. The highest BCUT2D eigenvalue weighted by atomic mass is 16.7. The zero-order valence-electron chi connectivity index (χ0n) is 22.4. The molecule has 1 aliphatic heterocycles. The third kappa shape index (κ3) is 7.52. The lowest BCUT2D eigenvalue weighted by molar-refractivity contribution is -0.196. The molecule has 0 aliphatic carbocycles. The van der Waals surface area contributed by atoms with Gasteiger partial charge in [-0.2, -0.15) is 4.98 Å². The number of rotatable bonds is 13. The second-order valence-electron chi connectivity index (χ2n) is 9.15. The summed E-state index contributed by atoms with van der Waals surface area (Å²) in [5.74, 6) is -1.86. The van der Waals surface area contributed by atoms with E-state index in [0.717, 1.165) is 25.7 Å². The van der Waals surface area contributed by atoms with Gasteiger partial charge >= 0.3 is 17.9 Å². The molecule has 3 atom stereocenters. The fourth-order valence-electron chi connectivity index (χ4n) is 4.31. The topological polar surface area (TPSA) is 193 Å². The summed E-state index contributed by atoms with van der Waals surface area (Å²) in [5.41, 5.74) is -2.28. The molecule has 3 N–H and O–H groups in total. The number of esters is 3. The summed E-state index contributed by atoms with van der Waals surface area (Å²) >= 11 is 0. The molecule has 2 aromatic heterocycles. The largest absolute Gasteiger partial charge is 0.463 e. The summed E-state index contributed by atoms with van der Waals surface area (Å²) in [6.45, 7) is 5.63. The van der Waals surface area contributed by atoms with E-state index in [1.807, 2.05) is 0 Å². The number of unbranched alkanes of at least 4 members (excludes halogenated alkanes) is 3. The minimum atomic E-state index is -1.77. The Bertz CT molecular complexity index is 1260. The first-order valence-electron chi connectivity index (χ1n) is 12.6. The van der Waals surface area contributed by atoms with Gasteiger partial charge in [-0.15, -0.1) is 0 Å². The number of anilines is 1. The number of fused-ring (bicyclic) bond motifs is 1. The second-order valence-corrected chi connectivity index (χ2v) is 9.15. The molecule has 1 aliphatic rings. The summed E-state index contributed by atoms with van der Waals surface area (Å²) in [5, 5.41) is 5.83. The minimum Gasteiger partial charge on any atom is -0.463 e. The summed E-state index contributed by atoms with van der Waals surface area (Å²) < 4.78 is 23.3. The third-order valence-corrected chi connectivity index (χ3v) is 5.94. The molecule has 15 nitrogen and oxygen atoms in total. The molecule has 3 rings (SSSR count). The van der Waals surface area contributed by atoms with Gasteiger partial charge in [0.2, 0.25) is 11.9 Å². The predicted octanol–water partition coefficient (Wildman–Crippen LogP) is 0.338. The van der Waals surface area contributed by atoms with Crippen molar-refractivity contribution >= 4 is 40.9 Å². The Labute approximate surface area is 223 Å². The zero-order valence-corrected chi connectivity index (χ0v) is 22.4. The van der Waals surface area contributed by atoms with Gasteiger partial charge in [-0.1, -0.05) is 12.8 Å². The summed E-state index contributed by atoms with van der Waals surface area (Å²) in [7, 11) is 0. The summed E-state index contributed by atoms with van der Waals surface area (Å²) in [6, 6.07) is 0. The molecule has 0 aromatic carbocycles. The number of nitrogens with zero attached hydrogens (tertiary/aromatic N) is 3. The van der Waals surface area contributed by atoms with Gasteiger partial charge in [0.1, 0.15) is 25.6 Å².